The van der Waals surface area contributed by atoms with Crippen molar-refractivity contribution in [3.05, 3.63) is 56.4 Å². The van der Waals surface area contributed by atoms with Crippen LogP contribution in [0.2, 0.25) is 0 Å². The normalized spacial score (nSPS) is 12.7. The lowest BCUT2D eigenvalue weighted by atomic mass is 9.82. The molecule has 0 saturated carbocycles. The fourth-order valence-electron chi connectivity index (χ4n) is 3.50. The molecule has 0 bridgehead atoms. The average Bonchev–Trinajstić information content (AvgIpc) is 2.97. The molecule has 0 fully saturated rings. The first kappa shape index (κ1) is 22.0. The van der Waals surface area contributed by atoms with Gasteiger partial charge in [0.2, 0.25) is 5.91 Å². The molecular formula is C23H29N3O3S. The highest BCUT2D eigenvalue weighted by Crippen LogP contribution is 2.34. The van der Waals surface area contributed by atoms with Crippen LogP contribution in [0, 0.1) is 19.3 Å². The number of aromatic amines is 1. The summed E-state index contributed by atoms with van der Waals surface area (Å²) in [5, 5.41) is 3.80. The summed E-state index contributed by atoms with van der Waals surface area (Å²) in [5.41, 5.74) is 1.65. The molecule has 0 aliphatic carbocycles. The molecule has 2 heterocycles. The number of carbonyl (C=O) groups excluding carboxylic acids is 1. The number of rotatable bonds is 6. The Balaban J connectivity index is 1.75. The molecule has 0 aliphatic heterocycles. The van der Waals surface area contributed by atoms with E-state index in [-0.39, 0.29) is 29.3 Å². The Kier molecular flexibility index (Phi) is 6.31. The minimum atomic E-state index is -0.181. The van der Waals surface area contributed by atoms with Crippen LogP contribution in [0.25, 0.3) is 10.2 Å². The number of amides is 1. The topological polar surface area (TPSA) is 84.1 Å². The molecule has 1 unspecified atom stereocenters. The Morgan fingerprint density at radius 2 is 2.03 bits per heavy atom. The van der Waals surface area contributed by atoms with Gasteiger partial charge in [-0.05, 0) is 42.5 Å². The number of ether oxygens (including phenoxy) is 1. The predicted octanol–water partition coefficient (Wildman–Crippen LogP) is 4.45. The molecule has 0 spiro atoms. The summed E-state index contributed by atoms with van der Waals surface area (Å²) >= 11 is 1.51. The van der Waals surface area contributed by atoms with E-state index in [0.717, 1.165) is 26.6 Å². The van der Waals surface area contributed by atoms with Gasteiger partial charge in [0.25, 0.3) is 5.56 Å². The molecule has 3 rings (SSSR count). The molecule has 2 aromatic heterocycles. The SMILES string of the molecule is COc1cccc(C(NC(=O)CCc2nc3sc(C)c(C)c3c(=O)[nH]2)C(C)(C)C)c1. The number of thiophene rings is 1. The summed E-state index contributed by atoms with van der Waals surface area (Å²) in [6.45, 7) is 10.2. The lowest BCUT2D eigenvalue weighted by Crippen LogP contribution is -2.36. The molecule has 1 amide bonds. The van der Waals surface area contributed by atoms with Gasteiger partial charge in [-0.3, -0.25) is 9.59 Å². The molecule has 7 heteroatoms. The maximum Gasteiger partial charge on any atom is 0.259 e. The van der Waals surface area contributed by atoms with Crippen LogP contribution in [0.15, 0.2) is 29.1 Å². The lowest BCUT2D eigenvalue weighted by molar-refractivity contribution is -0.122. The van der Waals surface area contributed by atoms with Crippen molar-refractivity contribution in [2.75, 3.05) is 7.11 Å². The number of nitrogens with zero attached hydrogens (tertiary/aromatic N) is 1. The van der Waals surface area contributed by atoms with Crippen LogP contribution in [0.3, 0.4) is 0 Å². The molecule has 3 aromatic rings. The van der Waals surface area contributed by atoms with Crippen LogP contribution < -0.4 is 15.6 Å². The zero-order valence-electron chi connectivity index (χ0n) is 18.4. The number of fused-ring (bicyclic) bond motifs is 1. The van der Waals surface area contributed by atoms with E-state index in [1.165, 1.54) is 11.3 Å². The second-order valence-corrected chi connectivity index (χ2v) is 9.82. The number of aromatic nitrogens is 2. The molecule has 1 atom stereocenters. The van der Waals surface area contributed by atoms with E-state index < -0.39 is 0 Å². The van der Waals surface area contributed by atoms with E-state index in [0.29, 0.717) is 17.6 Å². The Labute approximate surface area is 180 Å². The monoisotopic (exact) mass is 427 g/mol. The van der Waals surface area contributed by atoms with Crippen molar-refractivity contribution >= 4 is 27.5 Å². The lowest BCUT2D eigenvalue weighted by Gasteiger charge is -2.32. The maximum atomic E-state index is 12.7. The minimum absolute atomic E-state index is 0.0842. The second kappa shape index (κ2) is 8.60. The van der Waals surface area contributed by atoms with Gasteiger partial charge < -0.3 is 15.0 Å². The van der Waals surface area contributed by atoms with E-state index in [9.17, 15) is 9.59 Å². The van der Waals surface area contributed by atoms with E-state index in [1.54, 1.807) is 7.11 Å². The molecular weight excluding hydrogens is 398 g/mol. The first-order valence-electron chi connectivity index (χ1n) is 10.0. The van der Waals surface area contributed by atoms with Crippen molar-refractivity contribution in [1.29, 1.82) is 0 Å². The summed E-state index contributed by atoms with van der Waals surface area (Å²) in [6.07, 6.45) is 0.621. The number of nitrogens with one attached hydrogen (secondary N) is 2. The third-order valence-corrected chi connectivity index (χ3v) is 6.38. The molecule has 160 valence electrons. The Bertz CT molecular complexity index is 1120. The number of hydrogen-bond acceptors (Lipinski definition) is 5. The molecule has 0 saturated heterocycles. The molecule has 30 heavy (non-hydrogen) atoms. The highest BCUT2D eigenvalue weighted by Gasteiger charge is 2.28. The standard InChI is InChI=1S/C23H29N3O3S/c1-13-14(2)30-22-19(13)21(28)24-17(25-22)10-11-18(27)26-20(23(3,4)5)15-8-7-9-16(12-15)29-6/h7-9,12,20H,10-11H2,1-6H3,(H,26,27)(H,24,25,28). The average molecular weight is 428 g/mol. The van der Waals surface area contributed by atoms with Crippen molar-refractivity contribution in [1.82, 2.24) is 15.3 Å². The van der Waals surface area contributed by atoms with Gasteiger partial charge in [0, 0.05) is 17.7 Å². The van der Waals surface area contributed by atoms with Crippen LogP contribution >= 0.6 is 11.3 Å². The largest absolute Gasteiger partial charge is 0.497 e. The quantitative estimate of drug-likeness (QED) is 0.609. The van der Waals surface area contributed by atoms with Gasteiger partial charge in [0.1, 0.15) is 16.4 Å². The number of aryl methyl sites for hydroxylation is 3. The third kappa shape index (κ3) is 4.73. The Morgan fingerprint density at radius 1 is 1.30 bits per heavy atom. The van der Waals surface area contributed by atoms with Gasteiger partial charge in [-0.25, -0.2) is 4.98 Å². The minimum Gasteiger partial charge on any atom is -0.497 e. The van der Waals surface area contributed by atoms with Gasteiger partial charge in [0.05, 0.1) is 18.5 Å². The fraction of sp³-hybridized carbons (Fsp3) is 0.435. The summed E-state index contributed by atoms with van der Waals surface area (Å²) in [5.74, 6) is 1.21. The first-order chi connectivity index (χ1) is 14.1. The van der Waals surface area contributed by atoms with E-state index in [4.69, 9.17) is 4.74 Å². The van der Waals surface area contributed by atoms with E-state index >= 15 is 0 Å². The number of benzene rings is 1. The number of methoxy groups -OCH3 is 1. The predicted molar refractivity (Wildman–Crippen MR) is 121 cm³/mol. The van der Waals surface area contributed by atoms with Crippen LogP contribution in [-0.2, 0) is 11.2 Å². The highest BCUT2D eigenvalue weighted by atomic mass is 32.1. The smallest absolute Gasteiger partial charge is 0.259 e. The molecule has 6 nitrogen and oxygen atoms in total. The van der Waals surface area contributed by atoms with Gasteiger partial charge >= 0.3 is 0 Å². The van der Waals surface area contributed by atoms with Crippen molar-refractivity contribution in [3.63, 3.8) is 0 Å². The Morgan fingerprint density at radius 3 is 2.70 bits per heavy atom. The molecule has 1 aromatic carbocycles. The molecule has 2 N–H and O–H groups in total. The van der Waals surface area contributed by atoms with Crippen molar-refractivity contribution in [3.8, 4) is 5.75 Å². The van der Waals surface area contributed by atoms with Crippen molar-refractivity contribution in [2.24, 2.45) is 5.41 Å². The maximum absolute atomic E-state index is 12.7. The summed E-state index contributed by atoms with van der Waals surface area (Å²) in [7, 11) is 1.63. The Hall–Kier alpha value is -2.67. The van der Waals surface area contributed by atoms with Crippen LogP contribution in [0.1, 0.15) is 55.1 Å². The van der Waals surface area contributed by atoms with Crippen LogP contribution in [0.5, 0.6) is 5.75 Å². The number of carbonyl (C=O) groups is 1. The van der Waals surface area contributed by atoms with Gasteiger partial charge in [-0.2, -0.15) is 0 Å². The highest BCUT2D eigenvalue weighted by molar-refractivity contribution is 7.18. The summed E-state index contributed by atoms with van der Waals surface area (Å²) in [6, 6.07) is 7.58. The van der Waals surface area contributed by atoms with Crippen molar-refractivity contribution < 1.29 is 9.53 Å². The zero-order valence-corrected chi connectivity index (χ0v) is 19.2. The number of hydrogen-bond donors (Lipinski definition) is 2. The summed E-state index contributed by atoms with van der Waals surface area (Å²) in [4.78, 5) is 34.4. The second-order valence-electron chi connectivity index (χ2n) is 8.62. The molecule has 0 radical (unpaired) electrons. The third-order valence-electron chi connectivity index (χ3n) is 5.28. The molecule has 0 aliphatic rings. The zero-order chi connectivity index (χ0) is 22.1. The summed E-state index contributed by atoms with van der Waals surface area (Å²) < 4.78 is 5.33. The van der Waals surface area contributed by atoms with E-state index in [1.807, 2.05) is 38.1 Å². The van der Waals surface area contributed by atoms with Crippen molar-refractivity contribution in [2.45, 2.75) is 53.5 Å². The number of H-pyrrole nitrogens is 1. The van der Waals surface area contributed by atoms with Gasteiger partial charge in [0.15, 0.2) is 0 Å². The van der Waals surface area contributed by atoms with Crippen LogP contribution in [-0.4, -0.2) is 23.0 Å². The first-order valence-corrected chi connectivity index (χ1v) is 10.8. The van der Waals surface area contributed by atoms with E-state index in [2.05, 4.69) is 36.1 Å². The fourth-order valence-corrected chi connectivity index (χ4v) is 4.55. The van der Waals surface area contributed by atoms with Gasteiger partial charge in [-0.15, -0.1) is 11.3 Å². The van der Waals surface area contributed by atoms with Crippen LogP contribution in [0.4, 0.5) is 0 Å². The van der Waals surface area contributed by atoms with Gasteiger partial charge in [-0.1, -0.05) is 32.9 Å².